The lowest BCUT2D eigenvalue weighted by Crippen LogP contribution is -2.19. The summed E-state index contributed by atoms with van der Waals surface area (Å²) in [6, 6.07) is 7.99. The Balaban J connectivity index is 0.000000371. The Hall–Kier alpha value is -2.56. The van der Waals surface area contributed by atoms with E-state index >= 15 is 0 Å². The molecule has 0 radical (unpaired) electrons. The second-order valence-corrected chi connectivity index (χ2v) is 10.8. The third kappa shape index (κ3) is 11.6. The first-order valence-electron chi connectivity index (χ1n) is 10.9. The number of carbonyl (C=O) groups excluding carboxylic acids is 2. The largest absolute Gasteiger partial charge is 0.573 e. The smallest absolute Gasteiger partial charge is 0.406 e. The highest BCUT2D eigenvalue weighted by molar-refractivity contribution is 9.09. The monoisotopic (exact) mass is 598 g/mol. The van der Waals surface area contributed by atoms with Crippen LogP contribution in [0.2, 0.25) is 0 Å². The highest BCUT2D eigenvalue weighted by Crippen LogP contribution is 2.32. The van der Waals surface area contributed by atoms with Crippen LogP contribution in [0.5, 0.6) is 11.5 Å². The molecule has 37 heavy (non-hydrogen) atoms. The first kappa shape index (κ1) is 32.5. The van der Waals surface area contributed by atoms with Crippen molar-refractivity contribution in [3.05, 3.63) is 58.7 Å². The Labute approximate surface area is 220 Å². The predicted octanol–water partition coefficient (Wildman–Crippen LogP) is 8.55. The van der Waals surface area contributed by atoms with Gasteiger partial charge in [0.1, 0.15) is 11.5 Å². The Morgan fingerprint density at radius 2 is 1.03 bits per heavy atom. The molecule has 0 N–H and O–H groups in total. The fourth-order valence-electron chi connectivity index (χ4n) is 2.89. The summed E-state index contributed by atoms with van der Waals surface area (Å²) >= 11 is 3.00. The van der Waals surface area contributed by atoms with Gasteiger partial charge in [0.15, 0.2) is 11.6 Å². The van der Waals surface area contributed by atoms with E-state index in [9.17, 15) is 35.9 Å². The molecule has 0 fully saturated rings. The number of hydrogen-bond acceptors (Lipinski definition) is 4. The lowest BCUT2D eigenvalue weighted by Gasteiger charge is -2.21. The Morgan fingerprint density at radius 3 is 1.32 bits per heavy atom. The van der Waals surface area contributed by atoms with Gasteiger partial charge >= 0.3 is 12.7 Å². The van der Waals surface area contributed by atoms with Gasteiger partial charge in [-0.25, -0.2) is 0 Å². The van der Waals surface area contributed by atoms with Crippen LogP contribution in [0, 0.1) is 0 Å². The second-order valence-electron chi connectivity index (χ2n) is 10.2. The number of benzene rings is 2. The van der Waals surface area contributed by atoms with Gasteiger partial charge in [-0.3, -0.25) is 9.59 Å². The summed E-state index contributed by atoms with van der Waals surface area (Å²) in [4.78, 5) is 22.9. The first-order chi connectivity index (χ1) is 16.5. The SMILES string of the molecule is CC(=O)c1cc(OC(F)(F)F)cc(C(C)(C)C)c1.CC(C)(C)c1cc(OC(F)(F)F)cc(C(=O)CBr)c1. The maximum Gasteiger partial charge on any atom is 0.573 e. The molecule has 0 spiro atoms. The number of halogens is 7. The van der Waals surface area contributed by atoms with E-state index in [1.807, 2.05) is 41.5 Å². The number of alkyl halides is 7. The standard InChI is InChI=1S/C13H14BrF3O2.C13H15F3O2/c1-12(2,3)9-4-8(11(18)7-14)5-10(6-9)19-13(15,16)17;1-8(17)9-5-10(12(2,3)4)7-11(6-9)18-13(14,15)16/h4-6H,7H2,1-3H3;5-7H,1-4H3. The molecule has 0 bridgehead atoms. The van der Waals surface area contributed by atoms with Crippen molar-refractivity contribution in [2.24, 2.45) is 0 Å². The van der Waals surface area contributed by atoms with Crippen LogP contribution in [0.1, 0.15) is 80.3 Å². The van der Waals surface area contributed by atoms with Crippen molar-refractivity contribution >= 4 is 27.5 Å². The molecule has 0 aliphatic carbocycles. The molecular formula is C26H29BrF6O4. The van der Waals surface area contributed by atoms with Crippen molar-refractivity contribution in [3.63, 3.8) is 0 Å². The van der Waals surface area contributed by atoms with Crippen LogP contribution in [0.3, 0.4) is 0 Å². The molecule has 0 aliphatic rings. The van der Waals surface area contributed by atoms with E-state index in [1.54, 1.807) is 12.1 Å². The quantitative estimate of drug-likeness (QED) is 0.196. The highest BCUT2D eigenvalue weighted by Gasteiger charge is 2.33. The highest BCUT2D eigenvalue weighted by atomic mass is 79.9. The van der Waals surface area contributed by atoms with Crippen molar-refractivity contribution in [2.75, 3.05) is 5.33 Å². The van der Waals surface area contributed by atoms with E-state index in [4.69, 9.17) is 0 Å². The molecule has 11 heteroatoms. The normalized spacial score (nSPS) is 12.4. The van der Waals surface area contributed by atoms with Crippen LogP contribution >= 0.6 is 15.9 Å². The summed E-state index contributed by atoms with van der Waals surface area (Å²) in [6.45, 7) is 12.4. The molecule has 0 amide bonds. The summed E-state index contributed by atoms with van der Waals surface area (Å²) in [7, 11) is 0. The second kappa shape index (κ2) is 11.9. The predicted molar refractivity (Wildman–Crippen MR) is 132 cm³/mol. The number of hydrogen-bond donors (Lipinski definition) is 0. The van der Waals surface area contributed by atoms with Crippen LogP contribution in [-0.4, -0.2) is 29.6 Å². The average molecular weight is 599 g/mol. The van der Waals surface area contributed by atoms with Crippen LogP contribution in [0.4, 0.5) is 26.3 Å². The minimum absolute atomic E-state index is 0.0477. The number of carbonyl (C=O) groups is 2. The molecule has 0 aromatic heterocycles. The van der Waals surface area contributed by atoms with Gasteiger partial charge in [0.05, 0.1) is 5.33 Å². The molecule has 0 heterocycles. The third-order valence-corrected chi connectivity index (χ3v) is 5.37. The first-order valence-corrected chi connectivity index (χ1v) is 12.1. The average Bonchev–Trinajstić information content (AvgIpc) is 2.69. The molecule has 4 nitrogen and oxygen atoms in total. The van der Waals surface area contributed by atoms with Crippen molar-refractivity contribution in [1.82, 2.24) is 0 Å². The Bertz CT molecular complexity index is 1110. The zero-order valence-electron chi connectivity index (χ0n) is 21.4. The maximum atomic E-state index is 12.3. The summed E-state index contributed by atoms with van der Waals surface area (Å²) in [5.74, 6) is -1.32. The lowest BCUT2D eigenvalue weighted by molar-refractivity contribution is -0.275. The number of ether oxygens (including phenoxy) is 2. The fourth-order valence-corrected chi connectivity index (χ4v) is 3.21. The molecule has 0 aliphatic heterocycles. The molecule has 206 valence electrons. The van der Waals surface area contributed by atoms with Gasteiger partial charge in [0.25, 0.3) is 0 Å². The molecular weight excluding hydrogens is 570 g/mol. The van der Waals surface area contributed by atoms with Gasteiger partial charge < -0.3 is 9.47 Å². The van der Waals surface area contributed by atoms with Crippen LogP contribution in [0.15, 0.2) is 36.4 Å². The van der Waals surface area contributed by atoms with Gasteiger partial charge in [-0.2, -0.15) is 0 Å². The summed E-state index contributed by atoms with van der Waals surface area (Å²) in [5, 5.41) is 0.0477. The maximum absolute atomic E-state index is 12.3. The van der Waals surface area contributed by atoms with Crippen LogP contribution in [0.25, 0.3) is 0 Å². The molecule has 0 saturated carbocycles. The van der Waals surface area contributed by atoms with Gasteiger partial charge in [0, 0.05) is 11.1 Å². The van der Waals surface area contributed by atoms with Crippen LogP contribution < -0.4 is 9.47 Å². The van der Waals surface area contributed by atoms with Crippen molar-refractivity contribution in [1.29, 1.82) is 0 Å². The number of rotatable bonds is 5. The zero-order chi connectivity index (χ0) is 29.0. The summed E-state index contributed by atoms with van der Waals surface area (Å²) in [6.07, 6.45) is -9.53. The summed E-state index contributed by atoms with van der Waals surface area (Å²) < 4.78 is 81.2. The molecule has 2 aromatic rings. The fraction of sp³-hybridized carbons (Fsp3) is 0.462. The van der Waals surface area contributed by atoms with Gasteiger partial charge in [0.2, 0.25) is 0 Å². The Kier molecular flexibility index (Phi) is 10.4. The Morgan fingerprint density at radius 1 is 0.676 bits per heavy atom. The third-order valence-electron chi connectivity index (χ3n) is 4.86. The number of Topliss-reactive ketones (excluding diaryl/α,β-unsaturated/α-hetero) is 2. The molecule has 2 aromatic carbocycles. The van der Waals surface area contributed by atoms with Crippen molar-refractivity contribution in [3.8, 4) is 11.5 Å². The topological polar surface area (TPSA) is 52.6 Å². The van der Waals surface area contributed by atoms with E-state index in [0.717, 1.165) is 12.1 Å². The molecule has 2 rings (SSSR count). The molecule has 0 unspecified atom stereocenters. The zero-order valence-corrected chi connectivity index (χ0v) is 23.0. The number of ketones is 2. The van der Waals surface area contributed by atoms with Crippen molar-refractivity contribution in [2.45, 2.75) is 72.0 Å². The lowest BCUT2D eigenvalue weighted by atomic mass is 9.85. The van der Waals surface area contributed by atoms with E-state index in [-0.39, 0.29) is 50.4 Å². The van der Waals surface area contributed by atoms with E-state index in [2.05, 4.69) is 25.4 Å². The minimum Gasteiger partial charge on any atom is -0.406 e. The van der Waals surface area contributed by atoms with Crippen LogP contribution in [-0.2, 0) is 10.8 Å². The van der Waals surface area contributed by atoms with Gasteiger partial charge in [-0.15, -0.1) is 26.3 Å². The van der Waals surface area contributed by atoms with Gasteiger partial charge in [-0.05, 0) is 65.3 Å². The van der Waals surface area contributed by atoms with E-state index in [0.29, 0.717) is 11.1 Å². The molecule has 0 atom stereocenters. The molecule has 0 saturated heterocycles. The van der Waals surface area contributed by atoms with E-state index in [1.165, 1.54) is 19.1 Å². The summed E-state index contributed by atoms with van der Waals surface area (Å²) in [5.41, 5.74) is 0.889. The minimum atomic E-state index is -4.77. The van der Waals surface area contributed by atoms with E-state index < -0.39 is 12.7 Å². The van der Waals surface area contributed by atoms with Crippen molar-refractivity contribution < 1.29 is 45.4 Å². The van der Waals surface area contributed by atoms with Gasteiger partial charge in [-0.1, -0.05) is 57.5 Å².